The smallest absolute Gasteiger partial charge is 0.0933 e. The first-order valence-electron chi connectivity index (χ1n) is 5.00. The minimum atomic E-state index is 0.474. The van der Waals surface area contributed by atoms with Gasteiger partial charge >= 0.3 is 0 Å². The predicted molar refractivity (Wildman–Crippen MR) is 65.1 cm³/mol. The summed E-state index contributed by atoms with van der Waals surface area (Å²) in [6.07, 6.45) is 0. The Kier molecular flexibility index (Phi) is 3.17. The molecule has 16 heavy (non-hydrogen) atoms. The number of benzene rings is 1. The number of nitrogens with zero attached hydrogens (tertiary/aromatic N) is 2. The molecule has 0 spiro atoms. The van der Waals surface area contributed by atoms with Gasteiger partial charge in [-0.15, -0.1) is 0 Å². The molecule has 1 aromatic carbocycles. The zero-order valence-electron chi connectivity index (χ0n) is 8.94. The number of rotatable bonds is 2. The minimum absolute atomic E-state index is 0.474. The third kappa shape index (κ3) is 2.21. The van der Waals surface area contributed by atoms with Crippen LogP contribution in [0.25, 0.3) is 11.3 Å². The Bertz CT molecular complexity index is 494. The summed E-state index contributed by atoms with van der Waals surface area (Å²) in [6, 6.07) is 9.47. The first-order valence-corrected chi connectivity index (χ1v) is 5.37. The third-order valence-corrected chi connectivity index (χ3v) is 2.70. The molecule has 3 nitrogen and oxygen atoms in total. The van der Waals surface area contributed by atoms with E-state index in [4.69, 9.17) is 17.3 Å². The Morgan fingerprint density at radius 3 is 2.50 bits per heavy atom. The van der Waals surface area contributed by atoms with Crippen molar-refractivity contribution in [3.63, 3.8) is 0 Å². The normalized spacial score (nSPS) is 10.4. The van der Waals surface area contributed by atoms with Gasteiger partial charge in [-0.3, -0.25) is 0 Å². The molecule has 0 amide bonds. The van der Waals surface area contributed by atoms with E-state index in [1.807, 2.05) is 37.3 Å². The average Bonchev–Trinajstić information content (AvgIpc) is 2.31. The molecule has 82 valence electrons. The zero-order chi connectivity index (χ0) is 11.5. The highest BCUT2D eigenvalue weighted by Gasteiger charge is 2.04. The van der Waals surface area contributed by atoms with E-state index in [1.54, 1.807) is 0 Å². The molecule has 0 aliphatic carbocycles. The summed E-state index contributed by atoms with van der Waals surface area (Å²) >= 11 is 5.83. The molecule has 0 fully saturated rings. The van der Waals surface area contributed by atoms with Crippen LogP contribution in [0.5, 0.6) is 0 Å². The van der Waals surface area contributed by atoms with Crippen LogP contribution in [0.4, 0.5) is 0 Å². The summed E-state index contributed by atoms with van der Waals surface area (Å²) in [5.74, 6) is 0. The fourth-order valence-electron chi connectivity index (χ4n) is 1.46. The van der Waals surface area contributed by atoms with E-state index >= 15 is 0 Å². The monoisotopic (exact) mass is 233 g/mol. The molecule has 0 aliphatic heterocycles. The molecule has 2 rings (SSSR count). The van der Waals surface area contributed by atoms with E-state index in [0.29, 0.717) is 11.6 Å². The van der Waals surface area contributed by atoms with Crippen molar-refractivity contribution in [1.29, 1.82) is 0 Å². The third-order valence-electron chi connectivity index (χ3n) is 2.44. The summed E-state index contributed by atoms with van der Waals surface area (Å²) in [6.45, 7) is 2.38. The van der Waals surface area contributed by atoms with Crippen molar-refractivity contribution in [3.05, 3.63) is 46.6 Å². The highest BCUT2D eigenvalue weighted by molar-refractivity contribution is 6.30. The van der Waals surface area contributed by atoms with Gasteiger partial charge in [0, 0.05) is 17.1 Å². The van der Waals surface area contributed by atoms with Crippen molar-refractivity contribution in [2.45, 2.75) is 13.5 Å². The summed E-state index contributed by atoms with van der Waals surface area (Å²) < 4.78 is 0. The fourth-order valence-corrected chi connectivity index (χ4v) is 1.59. The van der Waals surface area contributed by atoms with Crippen LogP contribution in [0, 0.1) is 6.92 Å². The van der Waals surface area contributed by atoms with Gasteiger partial charge in [-0.1, -0.05) is 23.7 Å². The number of hydrogen-bond donors (Lipinski definition) is 1. The predicted octanol–water partition coefficient (Wildman–Crippen LogP) is 2.56. The van der Waals surface area contributed by atoms with Crippen molar-refractivity contribution < 1.29 is 0 Å². The van der Waals surface area contributed by atoms with Crippen molar-refractivity contribution >= 4 is 11.6 Å². The molecular weight excluding hydrogens is 222 g/mol. The molecule has 1 heterocycles. The molecule has 4 heteroatoms. The molecule has 1 aromatic heterocycles. The standard InChI is InChI=1S/C12H12ClN3/c1-8-10(7-14)6-12(16-15-8)9-2-4-11(13)5-3-9/h2-6H,7,14H2,1H3. The van der Waals surface area contributed by atoms with E-state index in [1.165, 1.54) is 0 Å². The van der Waals surface area contributed by atoms with E-state index < -0.39 is 0 Å². The van der Waals surface area contributed by atoms with Crippen molar-refractivity contribution in [2.75, 3.05) is 0 Å². The Balaban J connectivity index is 2.44. The molecule has 0 bridgehead atoms. The maximum absolute atomic E-state index is 5.83. The minimum Gasteiger partial charge on any atom is -0.326 e. The van der Waals surface area contributed by atoms with Gasteiger partial charge in [-0.05, 0) is 30.7 Å². The van der Waals surface area contributed by atoms with Gasteiger partial charge in [0.15, 0.2) is 0 Å². The second kappa shape index (κ2) is 4.60. The lowest BCUT2D eigenvalue weighted by molar-refractivity contribution is 0.924. The van der Waals surface area contributed by atoms with E-state index in [-0.39, 0.29) is 0 Å². The lowest BCUT2D eigenvalue weighted by atomic mass is 10.1. The molecule has 2 N–H and O–H groups in total. The number of aryl methyl sites for hydroxylation is 1. The van der Waals surface area contributed by atoms with Crippen LogP contribution in [0.3, 0.4) is 0 Å². The largest absolute Gasteiger partial charge is 0.326 e. The number of nitrogens with two attached hydrogens (primary N) is 1. The molecule has 0 saturated carbocycles. The Morgan fingerprint density at radius 1 is 1.19 bits per heavy atom. The number of halogens is 1. The van der Waals surface area contributed by atoms with Crippen molar-refractivity contribution in [1.82, 2.24) is 10.2 Å². The SMILES string of the molecule is Cc1nnc(-c2ccc(Cl)cc2)cc1CN. The second-order valence-electron chi connectivity index (χ2n) is 3.55. The first-order chi connectivity index (χ1) is 7.70. The van der Waals surface area contributed by atoms with Crippen LogP contribution in [0.2, 0.25) is 5.02 Å². The maximum Gasteiger partial charge on any atom is 0.0933 e. The molecular formula is C12H12ClN3. The molecule has 0 atom stereocenters. The van der Waals surface area contributed by atoms with Gasteiger partial charge in [0.25, 0.3) is 0 Å². The highest BCUT2D eigenvalue weighted by atomic mass is 35.5. The van der Waals surface area contributed by atoms with Gasteiger partial charge in [-0.25, -0.2) is 0 Å². The Hall–Kier alpha value is -1.45. The van der Waals surface area contributed by atoms with Crippen LogP contribution in [0.1, 0.15) is 11.3 Å². The van der Waals surface area contributed by atoms with E-state index in [0.717, 1.165) is 22.5 Å². The molecule has 0 radical (unpaired) electrons. The van der Waals surface area contributed by atoms with Crippen LogP contribution in [0.15, 0.2) is 30.3 Å². The molecule has 0 aliphatic rings. The van der Waals surface area contributed by atoms with Crippen molar-refractivity contribution in [3.8, 4) is 11.3 Å². The molecule has 0 unspecified atom stereocenters. The van der Waals surface area contributed by atoms with Gasteiger partial charge in [0.05, 0.1) is 11.4 Å². The average molecular weight is 234 g/mol. The van der Waals surface area contributed by atoms with Crippen molar-refractivity contribution in [2.24, 2.45) is 5.73 Å². The van der Waals surface area contributed by atoms with Crippen LogP contribution in [-0.2, 0) is 6.54 Å². The lowest BCUT2D eigenvalue weighted by Crippen LogP contribution is -2.03. The Labute approximate surface area is 99.3 Å². The van der Waals surface area contributed by atoms with E-state index in [2.05, 4.69) is 10.2 Å². The topological polar surface area (TPSA) is 51.8 Å². The lowest BCUT2D eigenvalue weighted by Gasteiger charge is -2.05. The van der Waals surface area contributed by atoms with Gasteiger partial charge < -0.3 is 5.73 Å². The first kappa shape index (κ1) is 11.0. The number of aromatic nitrogens is 2. The zero-order valence-corrected chi connectivity index (χ0v) is 9.70. The maximum atomic E-state index is 5.83. The van der Waals surface area contributed by atoms with Crippen LogP contribution < -0.4 is 5.73 Å². The fraction of sp³-hybridized carbons (Fsp3) is 0.167. The van der Waals surface area contributed by atoms with E-state index in [9.17, 15) is 0 Å². The number of hydrogen-bond acceptors (Lipinski definition) is 3. The summed E-state index contributed by atoms with van der Waals surface area (Å²) in [7, 11) is 0. The van der Waals surface area contributed by atoms with Gasteiger partial charge in [0.1, 0.15) is 0 Å². The summed E-state index contributed by atoms with van der Waals surface area (Å²) in [5.41, 5.74) is 9.34. The second-order valence-corrected chi connectivity index (χ2v) is 3.99. The quantitative estimate of drug-likeness (QED) is 0.868. The van der Waals surface area contributed by atoms with Gasteiger partial charge in [-0.2, -0.15) is 10.2 Å². The Morgan fingerprint density at radius 2 is 1.88 bits per heavy atom. The van der Waals surface area contributed by atoms with Crippen LogP contribution in [-0.4, -0.2) is 10.2 Å². The molecule has 2 aromatic rings. The van der Waals surface area contributed by atoms with Crippen LogP contribution >= 0.6 is 11.6 Å². The highest BCUT2D eigenvalue weighted by Crippen LogP contribution is 2.20. The molecule has 0 saturated heterocycles. The van der Waals surface area contributed by atoms with Gasteiger partial charge in [0.2, 0.25) is 0 Å². The summed E-state index contributed by atoms with van der Waals surface area (Å²) in [5, 5.41) is 8.93. The summed E-state index contributed by atoms with van der Waals surface area (Å²) in [4.78, 5) is 0.